The molecule has 0 aromatic carbocycles. The lowest BCUT2D eigenvalue weighted by Gasteiger charge is -2.03. The molecular weight excluding hydrogens is 306 g/mol. The number of rotatable bonds is 10. The number of ether oxygens (including phenoxy) is 1. The Kier molecular flexibility index (Phi) is 7.76. The largest absolute Gasteiger partial charge is 0.481 e. The molecule has 0 unspecified atom stereocenters. The molecule has 9 heteroatoms. The van der Waals surface area contributed by atoms with Crippen molar-refractivity contribution < 1.29 is 28.2 Å². The zero-order valence-electron chi connectivity index (χ0n) is 11.2. The van der Waals surface area contributed by atoms with Gasteiger partial charge in [-0.1, -0.05) is 0 Å². The van der Waals surface area contributed by atoms with Gasteiger partial charge in [0.25, 0.3) is 6.43 Å². The maximum atomic E-state index is 11.8. The lowest BCUT2D eigenvalue weighted by atomic mass is 10.2. The number of carbonyl (C=O) groups is 2. The second kappa shape index (κ2) is 9.35. The van der Waals surface area contributed by atoms with Crippen molar-refractivity contribution in [3.8, 4) is 0 Å². The maximum absolute atomic E-state index is 11.8. The van der Waals surface area contributed by atoms with E-state index >= 15 is 0 Å². The van der Waals surface area contributed by atoms with Crippen LogP contribution < -0.4 is 5.32 Å². The van der Waals surface area contributed by atoms with E-state index in [-0.39, 0.29) is 25.4 Å². The van der Waals surface area contributed by atoms with Crippen LogP contribution >= 0.6 is 11.3 Å². The minimum absolute atomic E-state index is 0.0271. The van der Waals surface area contributed by atoms with Gasteiger partial charge in [-0.25, -0.2) is 13.8 Å². The molecule has 0 spiro atoms. The van der Waals surface area contributed by atoms with Gasteiger partial charge < -0.3 is 15.2 Å². The summed E-state index contributed by atoms with van der Waals surface area (Å²) in [6.07, 6.45) is -1.49. The van der Waals surface area contributed by atoms with Gasteiger partial charge in [-0.05, 0) is 12.8 Å². The molecule has 2 N–H and O–H groups in total. The number of hydrogen-bond donors (Lipinski definition) is 2. The third-order valence-electron chi connectivity index (χ3n) is 2.34. The number of aryl methyl sites for hydroxylation is 1. The van der Waals surface area contributed by atoms with E-state index in [1.54, 1.807) is 5.38 Å². The number of aromatic nitrogens is 1. The van der Waals surface area contributed by atoms with Crippen molar-refractivity contribution in [3.63, 3.8) is 0 Å². The summed E-state index contributed by atoms with van der Waals surface area (Å²) in [6.45, 7) is -0.759. The van der Waals surface area contributed by atoms with Crippen LogP contribution in [-0.2, 0) is 20.7 Å². The molecule has 0 aliphatic carbocycles. The summed E-state index contributed by atoms with van der Waals surface area (Å²) < 4.78 is 28.2. The number of aliphatic carboxylic acids is 1. The van der Waals surface area contributed by atoms with Gasteiger partial charge in [0, 0.05) is 11.8 Å². The Labute approximate surface area is 124 Å². The summed E-state index contributed by atoms with van der Waals surface area (Å²) in [5, 5.41) is 13.2. The lowest BCUT2D eigenvalue weighted by molar-refractivity contribution is -0.137. The summed E-state index contributed by atoms with van der Waals surface area (Å²) in [5.41, 5.74) is 0.713. The van der Waals surface area contributed by atoms with Gasteiger partial charge in [-0.3, -0.25) is 9.59 Å². The van der Waals surface area contributed by atoms with Crippen LogP contribution in [0.4, 0.5) is 13.9 Å². The third kappa shape index (κ3) is 8.30. The van der Waals surface area contributed by atoms with Gasteiger partial charge in [0.1, 0.15) is 6.61 Å². The molecular formula is C12H16F2N2O4S. The Bertz CT molecular complexity index is 468. The fourth-order valence-corrected chi connectivity index (χ4v) is 2.18. The summed E-state index contributed by atoms with van der Waals surface area (Å²) in [6, 6.07) is 0. The highest BCUT2D eigenvalue weighted by Gasteiger charge is 2.08. The van der Waals surface area contributed by atoms with E-state index in [9.17, 15) is 18.4 Å². The predicted octanol–water partition coefficient (Wildman–Crippen LogP) is 2.16. The minimum Gasteiger partial charge on any atom is -0.481 e. The van der Waals surface area contributed by atoms with Gasteiger partial charge in [-0.2, -0.15) is 0 Å². The standard InChI is InChI=1S/C12H16F2N2O4S/c13-9(14)6-20-5-4-10(17)16-12-15-8(7-21-12)2-1-3-11(18)19/h7,9H,1-6H2,(H,18,19)(H,15,16,17). The summed E-state index contributed by atoms with van der Waals surface area (Å²) in [5.74, 6) is -1.22. The van der Waals surface area contributed by atoms with Crippen LogP contribution in [0, 0.1) is 0 Å². The molecule has 0 aliphatic heterocycles. The number of halogens is 2. The fraction of sp³-hybridized carbons (Fsp3) is 0.583. The van der Waals surface area contributed by atoms with Crippen molar-refractivity contribution >= 4 is 28.3 Å². The van der Waals surface area contributed by atoms with Crippen LogP contribution in [0.15, 0.2) is 5.38 Å². The van der Waals surface area contributed by atoms with E-state index in [4.69, 9.17) is 5.11 Å². The molecule has 1 aromatic rings. The molecule has 0 atom stereocenters. The zero-order chi connectivity index (χ0) is 15.7. The summed E-state index contributed by atoms with van der Waals surface area (Å²) >= 11 is 1.23. The fourth-order valence-electron chi connectivity index (χ4n) is 1.42. The number of nitrogens with one attached hydrogen (secondary N) is 1. The average Bonchev–Trinajstić information content (AvgIpc) is 2.81. The smallest absolute Gasteiger partial charge is 0.303 e. The van der Waals surface area contributed by atoms with Gasteiger partial charge in [0.2, 0.25) is 5.91 Å². The van der Waals surface area contributed by atoms with Crippen LogP contribution in [0.3, 0.4) is 0 Å². The normalized spacial score (nSPS) is 10.8. The highest BCUT2D eigenvalue weighted by molar-refractivity contribution is 7.13. The Balaban J connectivity index is 2.23. The quantitative estimate of drug-likeness (QED) is 0.644. The third-order valence-corrected chi connectivity index (χ3v) is 3.15. The van der Waals surface area contributed by atoms with Crippen molar-refractivity contribution in [2.24, 2.45) is 0 Å². The number of hydrogen-bond acceptors (Lipinski definition) is 5. The molecule has 118 valence electrons. The highest BCUT2D eigenvalue weighted by Crippen LogP contribution is 2.17. The molecule has 6 nitrogen and oxygen atoms in total. The summed E-state index contributed by atoms with van der Waals surface area (Å²) in [4.78, 5) is 26.0. The van der Waals surface area contributed by atoms with Gasteiger partial charge in [0.15, 0.2) is 5.13 Å². The van der Waals surface area contributed by atoms with E-state index in [1.165, 1.54) is 11.3 Å². The first kappa shape index (κ1) is 17.4. The van der Waals surface area contributed by atoms with Gasteiger partial charge in [0.05, 0.1) is 18.7 Å². The monoisotopic (exact) mass is 322 g/mol. The molecule has 0 bridgehead atoms. The molecule has 0 saturated heterocycles. The molecule has 1 rings (SSSR count). The molecule has 1 aromatic heterocycles. The maximum Gasteiger partial charge on any atom is 0.303 e. The van der Waals surface area contributed by atoms with E-state index in [1.807, 2.05) is 0 Å². The average molecular weight is 322 g/mol. The van der Waals surface area contributed by atoms with Crippen LogP contribution in [0.1, 0.15) is 25.0 Å². The Hall–Kier alpha value is -1.61. The van der Waals surface area contributed by atoms with E-state index < -0.39 is 19.0 Å². The first-order valence-electron chi connectivity index (χ1n) is 6.29. The Morgan fingerprint density at radius 2 is 2.19 bits per heavy atom. The number of nitrogens with zero attached hydrogens (tertiary/aromatic N) is 1. The Morgan fingerprint density at radius 1 is 1.43 bits per heavy atom. The molecule has 0 aliphatic rings. The molecule has 0 fully saturated rings. The summed E-state index contributed by atoms with van der Waals surface area (Å²) in [7, 11) is 0. The van der Waals surface area contributed by atoms with Crippen molar-refractivity contribution in [2.75, 3.05) is 18.5 Å². The van der Waals surface area contributed by atoms with Crippen LogP contribution in [0.2, 0.25) is 0 Å². The second-order valence-corrected chi connectivity index (χ2v) is 5.01. The van der Waals surface area contributed by atoms with Crippen molar-refractivity contribution in [1.29, 1.82) is 0 Å². The number of thiazole rings is 1. The van der Waals surface area contributed by atoms with Crippen LogP contribution in [0.25, 0.3) is 0 Å². The highest BCUT2D eigenvalue weighted by atomic mass is 32.1. The predicted molar refractivity (Wildman–Crippen MR) is 72.8 cm³/mol. The minimum atomic E-state index is -2.54. The van der Waals surface area contributed by atoms with Crippen LogP contribution in [0.5, 0.6) is 0 Å². The second-order valence-electron chi connectivity index (χ2n) is 4.16. The topological polar surface area (TPSA) is 88.5 Å². The number of carboxylic acid groups (broad SMARTS) is 1. The first-order chi connectivity index (χ1) is 9.97. The Morgan fingerprint density at radius 3 is 2.86 bits per heavy atom. The van der Waals surface area contributed by atoms with Crippen molar-refractivity contribution in [3.05, 3.63) is 11.1 Å². The number of carbonyl (C=O) groups excluding carboxylic acids is 1. The van der Waals surface area contributed by atoms with E-state index in [2.05, 4.69) is 15.0 Å². The van der Waals surface area contributed by atoms with Gasteiger partial charge >= 0.3 is 5.97 Å². The van der Waals surface area contributed by atoms with E-state index in [0.717, 1.165) is 0 Å². The molecule has 1 heterocycles. The number of alkyl halides is 2. The number of carboxylic acids is 1. The van der Waals surface area contributed by atoms with E-state index in [0.29, 0.717) is 23.7 Å². The molecule has 0 radical (unpaired) electrons. The van der Waals surface area contributed by atoms with Crippen molar-refractivity contribution in [2.45, 2.75) is 32.1 Å². The molecule has 21 heavy (non-hydrogen) atoms. The zero-order valence-corrected chi connectivity index (χ0v) is 12.0. The first-order valence-corrected chi connectivity index (χ1v) is 7.17. The van der Waals surface area contributed by atoms with Crippen molar-refractivity contribution in [1.82, 2.24) is 4.98 Å². The lowest BCUT2D eigenvalue weighted by Crippen LogP contribution is -2.15. The van der Waals surface area contributed by atoms with Crippen LogP contribution in [-0.4, -0.2) is 41.6 Å². The van der Waals surface area contributed by atoms with Gasteiger partial charge in [-0.15, -0.1) is 11.3 Å². The number of amides is 1. The SMILES string of the molecule is O=C(O)CCCc1csc(NC(=O)CCOCC(F)F)n1. The number of anilines is 1. The molecule has 1 amide bonds. The molecule has 0 saturated carbocycles.